The Morgan fingerprint density at radius 1 is 0.750 bits per heavy atom. The van der Waals surface area contributed by atoms with Gasteiger partial charge in [-0.2, -0.15) is 0 Å². The fourth-order valence-electron chi connectivity index (χ4n) is 3.94. The van der Waals surface area contributed by atoms with Crippen molar-refractivity contribution in [3.05, 3.63) is 0 Å². The molecule has 16 heavy (non-hydrogen) atoms. The van der Waals surface area contributed by atoms with Crippen molar-refractivity contribution in [2.75, 3.05) is 19.6 Å². The molecule has 2 aliphatic rings. The second-order valence-corrected chi connectivity index (χ2v) is 6.63. The third-order valence-corrected chi connectivity index (χ3v) is 5.61. The largest absolute Gasteiger partial charge is 0.321 e. The molecule has 1 spiro atoms. The summed E-state index contributed by atoms with van der Waals surface area (Å²) in [5.74, 6) is 1.89. The minimum Gasteiger partial charge on any atom is -0.321 e. The van der Waals surface area contributed by atoms with Crippen LogP contribution in [0.4, 0.5) is 0 Å². The van der Waals surface area contributed by atoms with Crippen LogP contribution >= 0.6 is 0 Å². The summed E-state index contributed by atoms with van der Waals surface area (Å²) in [4.78, 5) is 0. The maximum Gasteiger partial charge on any atom is 0.0864 e. The highest BCUT2D eigenvalue weighted by molar-refractivity contribution is 4.72. The summed E-state index contributed by atoms with van der Waals surface area (Å²) < 4.78 is 1.47. The predicted molar refractivity (Wildman–Crippen MR) is 70.4 cm³/mol. The molecular weight excluding hydrogens is 194 g/mol. The van der Waals surface area contributed by atoms with Crippen LogP contribution in [0.1, 0.15) is 59.3 Å². The summed E-state index contributed by atoms with van der Waals surface area (Å²) in [6.07, 6.45) is 8.85. The molecule has 1 nitrogen and oxygen atoms in total. The van der Waals surface area contributed by atoms with E-state index in [1.165, 1.54) is 62.6 Å². The van der Waals surface area contributed by atoms with E-state index in [0.29, 0.717) is 0 Å². The quantitative estimate of drug-likeness (QED) is 0.549. The zero-order valence-corrected chi connectivity index (χ0v) is 11.5. The zero-order valence-electron chi connectivity index (χ0n) is 11.5. The van der Waals surface area contributed by atoms with Crippen molar-refractivity contribution in [3.8, 4) is 0 Å². The van der Waals surface area contributed by atoms with E-state index in [-0.39, 0.29) is 0 Å². The molecule has 2 aliphatic heterocycles. The summed E-state index contributed by atoms with van der Waals surface area (Å²) in [6, 6.07) is 0.915. The van der Waals surface area contributed by atoms with Gasteiger partial charge in [0.25, 0.3) is 0 Å². The number of quaternary nitrogens is 1. The molecule has 0 aromatic heterocycles. The van der Waals surface area contributed by atoms with Crippen LogP contribution in [0.2, 0.25) is 0 Å². The lowest BCUT2D eigenvalue weighted by Crippen LogP contribution is -2.54. The third-order valence-electron chi connectivity index (χ3n) is 5.61. The first-order chi connectivity index (χ1) is 7.64. The van der Waals surface area contributed by atoms with Gasteiger partial charge in [0.15, 0.2) is 0 Å². The molecule has 2 rings (SSSR count). The minimum atomic E-state index is 0.915. The maximum absolute atomic E-state index is 2.53. The lowest BCUT2D eigenvalue weighted by molar-refractivity contribution is -0.948. The molecule has 0 aromatic carbocycles. The van der Waals surface area contributed by atoms with Gasteiger partial charge in [-0.15, -0.1) is 0 Å². The molecule has 2 heterocycles. The van der Waals surface area contributed by atoms with E-state index in [2.05, 4.69) is 20.8 Å². The minimum absolute atomic E-state index is 0.915. The molecule has 2 saturated heterocycles. The van der Waals surface area contributed by atoms with Crippen LogP contribution in [0.15, 0.2) is 0 Å². The maximum atomic E-state index is 2.53. The molecule has 0 N–H and O–H groups in total. The molecule has 3 atom stereocenters. The zero-order chi connectivity index (χ0) is 11.6. The van der Waals surface area contributed by atoms with Gasteiger partial charge in [0.1, 0.15) is 0 Å². The molecule has 0 radical (unpaired) electrons. The SMILES string of the molecule is CC1CC[N+]2(CCCCCC2)C(C)CC1C. The van der Waals surface area contributed by atoms with E-state index in [0.717, 1.165) is 17.9 Å². The topological polar surface area (TPSA) is 0 Å². The summed E-state index contributed by atoms with van der Waals surface area (Å²) in [6.45, 7) is 11.9. The molecular formula is C15H30N+. The first-order valence-electron chi connectivity index (χ1n) is 7.50. The van der Waals surface area contributed by atoms with Crippen LogP contribution in [-0.4, -0.2) is 30.2 Å². The van der Waals surface area contributed by atoms with Crippen LogP contribution in [0.3, 0.4) is 0 Å². The van der Waals surface area contributed by atoms with E-state index < -0.39 is 0 Å². The van der Waals surface area contributed by atoms with Gasteiger partial charge >= 0.3 is 0 Å². The average Bonchev–Trinajstić information content (AvgIpc) is 2.55. The summed E-state index contributed by atoms with van der Waals surface area (Å²) in [5, 5.41) is 0. The summed E-state index contributed by atoms with van der Waals surface area (Å²) in [7, 11) is 0. The Balaban J connectivity index is 2.11. The number of hydrogen-bond donors (Lipinski definition) is 0. The van der Waals surface area contributed by atoms with E-state index >= 15 is 0 Å². The van der Waals surface area contributed by atoms with Gasteiger partial charge in [0.2, 0.25) is 0 Å². The van der Waals surface area contributed by atoms with Gasteiger partial charge in [-0.3, -0.25) is 0 Å². The Morgan fingerprint density at radius 3 is 2.00 bits per heavy atom. The Hall–Kier alpha value is -0.0400. The highest BCUT2D eigenvalue weighted by atomic mass is 15.4. The normalized spacial score (nSPS) is 40.3. The van der Waals surface area contributed by atoms with Gasteiger partial charge in [0, 0.05) is 6.42 Å². The fraction of sp³-hybridized carbons (Fsp3) is 1.00. The number of rotatable bonds is 0. The molecule has 3 unspecified atom stereocenters. The van der Waals surface area contributed by atoms with Crippen LogP contribution in [0.5, 0.6) is 0 Å². The Bertz CT molecular complexity index is 215. The monoisotopic (exact) mass is 224 g/mol. The van der Waals surface area contributed by atoms with Crippen LogP contribution < -0.4 is 0 Å². The van der Waals surface area contributed by atoms with Gasteiger partial charge in [-0.25, -0.2) is 0 Å². The second kappa shape index (κ2) is 5.08. The van der Waals surface area contributed by atoms with Crippen LogP contribution in [-0.2, 0) is 0 Å². The molecule has 2 fully saturated rings. The van der Waals surface area contributed by atoms with E-state index in [1.807, 2.05) is 0 Å². The number of hydrogen-bond acceptors (Lipinski definition) is 0. The lowest BCUT2D eigenvalue weighted by atomic mass is 9.90. The third kappa shape index (κ3) is 2.45. The number of nitrogens with zero attached hydrogens (tertiary/aromatic N) is 1. The van der Waals surface area contributed by atoms with Gasteiger partial charge < -0.3 is 4.48 Å². The Morgan fingerprint density at radius 2 is 1.38 bits per heavy atom. The highest BCUT2D eigenvalue weighted by Crippen LogP contribution is 2.34. The first kappa shape index (κ1) is 12.4. The van der Waals surface area contributed by atoms with E-state index in [4.69, 9.17) is 0 Å². The van der Waals surface area contributed by atoms with Crippen molar-refractivity contribution in [1.29, 1.82) is 0 Å². The van der Waals surface area contributed by atoms with Crippen LogP contribution in [0, 0.1) is 11.8 Å². The molecule has 94 valence electrons. The van der Waals surface area contributed by atoms with Crippen molar-refractivity contribution in [2.24, 2.45) is 11.8 Å². The van der Waals surface area contributed by atoms with Gasteiger partial charge in [-0.1, -0.05) is 13.8 Å². The van der Waals surface area contributed by atoms with Crippen LogP contribution in [0.25, 0.3) is 0 Å². The molecule has 0 aromatic rings. The summed E-state index contributed by atoms with van der Waals surface area (Å²) >= 11 is 0. The predicted octanol–water partition coefficient (Wildman–Crippen LogP) is 3.83. The van der Waals surface area contributed by atoms with Crippen molar-refractivity contribution >= 4 is 0 Å². The molecule has 0 amide bonds. The first-order valence-corrected chi connectivity index (χ1v) is 7.50. The Kier molecular flexibility index (Phi) is 3.94. The summed E-state index contributed by atoms with van der Waals surface area (Å²) in [5.41, 5.74) is 0. The molecule has 0 saturated carbocycles. The lowest BCUT2D eigenvalue weighted by Gasteiger charge is -2.42. The van der Waals surface area contributed by atoms with Crippen molar-refractivity contribution in [2.45, 2.75) is 65.3 Å². The highest BCUT2D eigenvalue weighted by Gasteiger charge is 2.38. The van der Waals surface area contributed by atoms with Crippen molar-refractivity contribution < 1.29 is 4.48 Å². The van der Waals surface area contributed by atoms with Gasteiger partial charge in [-0.05, 0) is 50.9 Å². The standard InChI is InChI=1S/C15H30N/c1-13-8-11-16(15(3)12-14(13)2)9-6-4-5-7-10-16/h13-15H,4-12H2,1-3H3/q+1. The second-order valence-electron chi connectivity index (χ2n) is 6.63. The van der Waals surface area contributed by atoms with Gasteiger partial charge in [0.05, 0.1) is 25.7 Å². The molecule has 0 aliphatic carbocycles. The van der Waals surface area contributed by atoms with E-state index in [9.17, 15) is 0 Å². The molecule has 1 heteroatoms. The Labute approximate surface area is 102 Å². The molecule has 0 bridgehead atoms. The van der Waals surface area contributed by atoms with Crippen molar-refractivity contribution in [1.82, 2.24) is 0 Å². The smallest absolute Gasteiger partial charge is 0.0864 e. The van der Waals surface area contributed by atoms with E-state index in [1.54, 1.807) is 0 Å². The average molecular weight is 224 g/mol. The fourth-order valence-corrected chi connectivity index (χ4v) is 3.94. The van der Waals surface area contributed by atoms with Crippen molar-refractivity contribution in [3.63, 3.8) is 0 Å².